The van der Waals surface area contributed by atoms with Crippen LogP contribution in [0, 0.1) is 0 Å². The number of nitrogens with one attached hydrogen (secondary N) is 2. The third kappa shape index (κ3) is 4.03. The standard InChI is InChI=1S/C15H14ClN3O2/c1-2-17-14(20)10-5-3-6-11(9-10)18-15(21)12-7-4-8-13(16)19-12/h3-9H,2H2,1H3,(H,17,20)(H,18,21). The summed E-state index contributed by atoms with van der Waals surface area (Å²) < 4.78 is 0. The van der Waals surface area contributed by atoms with E-state index in [0.717, 1.165) is 0 Å². The molecular formula is C15H14ClN3O2. The maximum atomic E-state index is 12.0. The fourth-order valence-electron chi connectivity index (χ4n) is 1.73. The van der Waals surface area contributed by atoms with Gasteiger partial charge in [0.05, 0.1) is 0 Å². The van der Waals surface area contributed by atoms with Crippen LogP contribution in [0.25, 0.3) is 0 Å². The summed E-state index contributed by atoms with van der Waals surface area (Å²) in [7, 11) is 0. The minimum atomic E-state index is -0.384. The minimum Gasteiger partial charge on any atom is -0.352 e. The molecule has 2 rings (SSSR count). The summed E-state index contributed by atoms with van der Waals surface area (Å²) in [5.74, 6) is -0.569. The molecule has 0 fully saturated rings. The van der Waals surface area contributed by atoms with Crippen LogP contribution in [0.2, 0.25) is 5.15 Å². The molecule has 21 heavy (non-hydrogen) atoms. The predicted molar refractivity (Wildman–Crippen MR) is 81.6 cm³/mol. The molecule has 5 nitrogen and oxygen atoms in total. The van der Waals surface area contributed by atoms with Crippen LogP contribution in [0.3, 0.4) is 0 Å². The third-order valence-electron chi connectivity index (χ3n) is 2.67. The highest BCUT2D eigenvalue weighted by Gasteiger charge is 2.10. The van der Waals surface area contributed by atoms with Crippen molar-refractivity contribution in [2.75, 3.05) is 11.9 Å². The topological polar surface area (TPSA) is 71.1 Å². The Labute approximate surface area is 127 Å². The van der Waals surface area contributed by atoms with Gasteiger partial charge in [-0.3, -0.25) is 9.59 Å². The van der Waals surface area contributed by atoms with Crippen LogP contribution < -0.4 is 10.6 Å². The lowest BCUT2D eigenvalue weighted by Crippen LogP contribution is -2.22. The molecule has 1 heterocycles. The van der Waals surface area contributed by atoms with Gasteiger partial charge in [-0.15, -0.1) is 0 Å². The van der Waals surface area contributed by atoms with Gasteiger partial charge in [-0.25, -0.2) is 4.98 Å². The van der Waals surface area contributed by atoms with Crippen molar-refractivity contribution < 1.29 is 9.59 Å². The minimum absolute atomic E-state index is 0.186. The molecule has 1 aromatic heterocycles. The monoisotopic (exact) mass is 303 g/mol. The fraction of sp³-hybridized carbons (Fsp3) is 0.133. The van der Waals surface area contributed by atoms with Crippen molar-refractivity contribution in [2.45, 2.75) is 6.92 Å². The van der Waals surface area contributed by atoms with Crippen LogP contribution in [-0.4, -0.2) is 23.3 Å². The first kappa shape index (κ1) is 15.0. The molecule has 2 aromatic rings. The number of amides is 2. The Morgan fingerprint density at radius 2 is 1.90 bits per heavy atom. The van der Waals surface area contributed by atoms with Gasteiger partial charge in [0.2, 0.25) is 0 Å². The van der Waals surface area contributed by atoms with Crippen molar-refractivity contribution in [3.63, 3.8) is 0 Å². The Balaban J connectivity index is 2.14. The average molecular weight is 304 g/mol. The normalized spacial score (nSPS) is 10.0. The number of carbonyl (C=O) groups excluding carboxylic acids is 2. The smallest absolute Gasteiger partial charge is 0.274 e. The van der Waals surface area contributed by atoms with Gasteiger partial charge >= 0.3 is 0 Å². The second-order valence-electron chi connectivity index (χ2n) is 4.24. The van der Waals surface area contributed by atoms with Crippen molar-refractivity contribution >= 4 is 29.1 Å². The maximum Gasteiger partial charge on any atom is 0.274 e. The van der Waals surface area contributed by atoms with E-state index in [4.69, 9.17) is 11.6 Å². The first-order valence-electron chi connectivity index (χ1n) is 6.42. The number of aromatic nitrogens is 1. The molecule has 0 aliphatic carbocycles. The van der Waals surface area contributed by atoms with Crippen LogP contribution in [0.4, 0.5) is 5.69 Å². The molecule has 0 radical (unpaired) electrons. The molecule has 0 spiro atoms. The number of hydrogen-bond donors (Lipinski definition) is 2. The second kappa shape index (κ2) is 6.85. The molecule has 2 amide bonds. The van der Waals surface area contributed by atoms with Crippen molar-refractivity contribution in [3.05, 3.63) is 58.9 Å². The van der Waals surface area contributed by atoms with Crippen LogP contribution in [0.5, 0.6) is 0 Å². The van der Waals surface area contributed by atoms with Gasteiger partial charge in [-0.05, 0) is 37.3 Å². The quantitative estimate of drug-likeness (QED) is 0.853. The van der Waals surface area contributed by atoms with Crippen molar-refractivity contribution in [1.29, 1.82) is 0 Å². The predicted octanol–water partition coefficient (Wildman–Crippen LogP) is 2.74. The van der Waals surface area contributed by atoms with Crippen molar-refractivity contribution in [1.82, 2.24) is 10.3 Å². The number of carbonyl (C=O) groups is 2. The lowest BCUT2D eigenvalue weighted by atomic mass is 10.2. The lowest BCUT2D eigenvalue weighted by molar-refractivity contribution is 0.0954. The van der Waals surface area contributed by atoms with Gasteiger partial charge in [0.25, 0.3) is 11.8 Å². The fourth-order valence-corrected chi connectivity index (χ4v) is 1.89. The number of pyridine rings is 1. The first-order chi connectivity index (χ1) is 10.1. The molecular weight excluding hydrogens is 290 g/mol. The zero-order chi connectivity index (χ0) is 15.2. The van der Waals surface area contributed by atoms with E-state index < -0.39 is 0 Å². The highest BCUT2D eigenvalue weighted by molar-refractivity contribution is 6.29. The van der Waals surface area contributed by atoms with E-state index in [1.807, 2.05) is 6.92 Å². The average Bonchev–Trinajstić information content (AvgIpc) is 2.48. The number of hydrogen-bond acceptors (Lipinski definition) is 3. The van der Waals surface area contributed by atoms with Crippen molar-refractivity contribution in [2.24, 2.45) is 0 Å². The molecule has 1 aromatic carbocycles. The third-order valence-corrected chi connectivity index (χ3v) is 2.88. The van der Waals surface area contributed by atoms with E-state index in [9.17, 15) is 9.59 Å². The summed E-state index contributed by atoms with van der Waals surface area (Å²) in [6.07, 6.45) is 0. The lowest BCUT2D eigenvalue weighted by Gasteiger charge is -2.07. The van der Waals surface area contributed by atoms with Gasteiger partial charge in [0.1, 0.15) is 10.8 Å². The Morgan fingerprint density at radius 3 is 2.62 bits per heavy atom. The molecule has 0 atom stereocenters. The molecule has 0 aliphatic heterocycles. The summed E-state index contributed by atoms with van der Waals surface area (Å²) in [5.41, 5.74) is 1.21. The largest absolute Gasteiger partial charge is 0.352 e. The van der Waals surface area contributed by atoms with E-state index in [2.05, 4.69) is 15.6 Å². The van der Waals surface area contributed by atoms with Crippen LogP contribution in [-0.2, 0) is 0 Å². The van der Waals surface area contributed by atoms with E-state index in [0.29, 0.717) is 17.8 Å². The molecule has 6 heteroatoms. The summed E-state index contributed by atoms with van der Waals surface area (Å²) in [4.78, 5) is 27.7. The molecule has 0 bridgehead atoms. The van der Waals surface area contributed by atoms with E-state index >= 15 is 0 Å². The van der Waals surface area contributed by atoms with E-state index in [1.54, 1.807) is 42.5 Å². The zero-order valence-electron chi connectivity index (χ0n) is 11.4. The molecule has 0 unspecified atom stereocenters. The number of halogens is 1. The first-order valence-corrected chi connectivity index (χ1v) is 6.80. The summed E-state index contributed by atoms with van der Waals surface area (Å²) in [5, 5.41) is 5.63. The number of nitrogens with zero attached hydrogens (tertiary/aromatic N) is 1. The Morgan fingerprint density at radius 1 is 1.14 bits per heavy atom. The Kier molecular flexibility index (Phi) is 4.90. The van der Waals surface area contributed by atoms with Gasteiger partial charge < -0.3 is 10.6 Å². The summed E-state index contributed by atoms with van der Waals surface area (Å²) in [6, 6.07) is 11.5. The number of anilines is 1. The number of benzene rings is 1. The van der Waals surface area contributed by atoms with Gasteiger partial charge in [0, 0.05) is 17.8 Å². The zero-order valence-corrected chi connectivity index (χ0v) is 12.1. The SMILES string of the molecule is CCNC(=O)c1cccc(NC(=O)c2cccc(Cl)n2)c1. The highest BCUT2D eigenvalue weighted by atomic mass is 35.5. The highest BCUT2D eigenvalue weighted by Crippen LogP contribution is 2.13. The second-order valence-corrected chi connectivity index (χ2v) is 4.63. The Hall–Kier alpha value is -2.40. The maximum absolute atomic E-state index is 12.0. The van der Waals surface area contributed by atoms with E-state index in [1.165, 1.54) is 0 Å². The van der Waals surface area contributed by atoms with Crippen molar-refractivity contribution in [3.8, 4) is 0 Å². The van der Waals surface area contributed by atoms with Crippen LogP contribution in [0.1, 0.15) is 27.8 Å². The number of rotatable bonds is 4. The molecule has 108 valence electrons. The molecule has 0 saturated heterocycles. The van der Waals surface area contributed by atoms with Gasteiger partial charge in [-0.1, -0.05) is 23.7 Å². The molecule has 0 aliphatic rings. The van der Waals surface area contributed by atoms with Gasteiger partial charge in [-0.2, -0.15) is 0 Å². The summed E-state index contributed by atoms with van der Waals surface area (Å²) >= 11 is 5.75. The van der Waals surface area contributed by atoms with Gasteiger partial charge in [0.15, 0.2) is 0 Å². The van der Waals surface area contributed by atoms with Crippen LogP contribution >= 0.6 is 11.6 Å². The summed E-state index contributed by atoms with van der Waals surface area (Å²) in [6.45, 7) is 2.39. The molecule has 0 saturated carbocycles. The van der Waals surface area contributed by atoms with E-state index in [-0.39, 0.29) is 22.7 Å². The van der Waals surface area contributed by atoms with Crippen LogP contribution in [0.15, 0.2) is 42.5 Å². The molecule has 2 N–H and O–H groups in total. The Bertz CT molecular complexity index is 673.